The summed E-state index contributed by atoms with van der Waals surface area (Å²) in [5, 5.41) is 3.39. The lowest BCUT2D eigenvalue weighted by Gasteiger charge is -2.40. The maximum absolute atomic E-state index is 12.3. The second-order valence-electron chi connectivity index (χ2n) is 5.07. The molecule has 1 aliphatic heterocycles. The Labute approximate surface area is 111 Å². The van der Waals surface area contributed by atoms with Crippen molar-refractivity contribution in [1.82, 2.24) is 10.2 Å². The van der Waals surface area contributed by atoms with Gasteiger partial charge in [0.1, 0.15) is 5.54 Å². The number of nitrogens with one attached hydrogen (secondary N) is 1. The highest BCUT2D eigenvalue weighted by atomic mass is 16.5. The second-order valence-corrected chi connectivity index (χ2v) is 5.07. The van der Waals surface area contributed by atoms with Gasteiger partial charge >= 0.3 is 5.97 Å². The van der Waals surface area contributed by atoms with Crippen LogP contribution in [-0.2, 0) is 9.53 Å². The Morgan fingerprint density at radius 1 is 1.33 bits per heavy atom. The SMILES string of the molecule is CCCCC(CC)(C(=O)OC)N1CCCNCC1. The van der Waals surface area contributed by atoms with Gasteiger partial charge in [-0.25, -0.2) is 0 Å². The number of carbonyl (C=O) groups excluding carboxylic acids is 1. The number of esters is 1. The monoisotopic (exact) mass is 256 g/mol. The molecule has 1 atom stereocenters. The van der Waals surface area contributed by atoms with E-state index in [1.54, 1.807) is 0 Å². The Bertz CT molecular complexity index is 250. The van der Waals surface area contributed by atoms with Crippen molar-refractivity contribution in [2.24, 2.45) is 0 Å². The van der Waals surface area contributed by atoms with E-state index in [2.05, 4.69) is 24.1 Å². The Hall–Kier alpha value is -0.610. The van der Waals surface area contributed by atoms with E-state index in [1.165, 1.54) is 7.11 Å². The molecule has 0 aromatic carbocycles. The van der Waals surface area contributed by atoms with Gasteiger partial charge in [-0.05, 0) is 25.8 Å². The molecule has 1 aliphatic rings. The predicted molar refractivity (Wildman–Crippen MR) is 73.6 cm³/mol. The van der Waals surface area contributed by atoms with Crippen LogP contribution in [0.25, 0.3) is 0 Å². The van der Waals surface area contributed by atoms with E-state index in [1.807, 2.05) is 0 Å². The van der Waals surface area contributed by atoms with Crippen LogP contribution in [0.5, 0.6) is 0 Å². The molecule has 1 unspecified atom stereocenters. The molecule has 0 bridgehead atoms. The van der Waals surface area contributed by atoms with Crippen molar-refractivity contribution in [3.05, 3.63) is 0 Å². The van der Waals surface area contributed by atoms with Crippen molar-refractivity contribution >= 4 is 5.97 Å². The van der Waals surface area contributed by atoms with Crippen molar-refractivity contribution in [1.29, 1.82) is 0 Å². The summed E-state index contributed by atoms with van der Waals surface area (Å²) in [4.78, 5) is 14.6. The molecule has 4 nitrogen and oxygen atoms in total. The first-order valence-corrected chi connectivity index (χ1v) is 7.25. The number of nitrogens with zero attached hydrogens (tertiary/aromatic N) is 1. The first kappa shape index (κ1) is 15.4. The number of hydrogen-bond donors (Lipinski definition) is 1. The lowest BCUT2D eigenvalue weighted by molar-refractivity contribution is -0.156. The molecular formula is C14H28N2O2. The highest BCUT2D eigenvalue weighted by molar-refractivity contribution is 5.80. The Kier molecular flexibility index (Phi) is 6.65. The third-order valence-corrected chi connectivity index (χ3v) is 4.04. The van der Waals surface area contributed by atoms with Crippen LogP contribution in [0.1, 0.15) is 46.0 Å². The molecule has 1 N–H and O–H groups in total. The van der Waals surface area contributed by atoms with E-state index in [9.17, 15) is 4.79 Å². The Morgan fingerprint density at radius 3 is 2.72 bits per heavy atom. The highest BCUT2D eigenvalue weighted by Crippen LogP contribution is 2.28. The minimum Gasteiger partial charge on any atom is -0.468 e. The van der Waals surface area contributed by atoms with E-state index in [4.69, 9.17) is 4.74 Å². The molecule has 1 saturated heterocycles. The molecule has 1 rings (SSSR count). The average molecular weight is 256 g/mol. The Morgan fingerprint density at radius 2 is 2.11 bits per heavy atom. The Balaban J connectivity index is 2.87. The van der Waals surface area contributed by atoms with Gasteiger partial charge in [0.25, 0.3) is 0 Å². The summed E-state index contributed by atoms with van der Waals surface area (Å²) in [7, 11) is 1.51. The third-order valence-electron chi connectivity index (χ3n) is 4.04. The molecule has 18 heavy (non-hydrogen) atoms. The molecule has 0 aromatic heterocycles. The van der Waals surface area contributed by atoms with E-state index >= 15 is 0 Å². The molecule has 0 aromatic rings. The zero-order valence-electron chi connectivity index (χ0n) is 12.1. The molecule has 0 amide bonds. The van der Waals surface area contributed by atoms with Crippen molar-refractivity contribution in [2.45, 2.75) is 51.5 Å². The van der Waals surface area contributed by atoms with Gasteiger partial charge in [0.15, 0.2) is 0 Å². The van der Waals surface area contributed by atoms with E-state index < -0.39 is 5.54 Å². The average Bonchev–Trinajstić information content (AvgIpc) is 2.69. The fraction of sp³-hybridized carbons (Fsp3) is 0.929. The molecule has 4 heteroatoms. The standard InChI is InChI=1S/C14H28N2O2/c1-4-6-8-14(5-2,13(17)18-3)16-11-7-9-15-10-12-16/h15H,4-12H2,1-3H3. The summed E-state index contributed by atoms with van der Waals surface area (Å²) in [5.41, 5.74) is -0.406. The summed E-state index contributed by atoms with van der Waals surface area (Å²) in [6, 6.07) is 0. The minimum atomic E-state index is -0.406. The topological polar surface area (TPSA) is 41.6 Å². The van der Waals surface area contributed by atoms with Gasteiger partial charge in [-0.3, -0.25) is 9.69 Å². The molecule has 0 aliphatic carbocycles. The predicted octanol–water partition coefficient (Wildman–Crippen LogP) is 1.79. The van der Waals surface area contributed by atoms with Gasteiger partial charge in [0.2, 0.25) is 0 Å². The number of carbonyl (C=O) groups is 1. The number of rotatable bonds is 6. The number of hydrogen-bond acceptors (Lipinski definition) is 4. The summed E-state index contributed by atoms with van der Waals surface area (Å²) >= 11 is 0. The smallest absolute Gasteiger partial charge is 0.326 e. The number of unbranched alkanes of at least 4 members (excludes halogenated alkanes) is 1. The zero-order valence-corrected chi connectivity index (χ0v) is 12.1. The fourth-order valence-corrected chi connectivity index (χ4v) is 2.87. The molecule has 106 valence electrons. The first-order valence-electron chi connectivity index (χ1n) is 7.25. The number of ether oxygens (including phenoxy) is 1. The highest BCUT2D eigenvalue weighted by Gasteiger charge is 2.42. The van der Waals surface area contributed by atoms with Gasteiger partial charge < -0.3 is 10.1 Å². The van der Waals surface area contributed by atoms with Gasteiger partial charge in [0, 0.05) is 19.6 Å². The van der Waals surface area contributed by atoms with Crippen LogP contribution in [-0.4, -0.2) is 49.7 Å². The maximum Gasteiger partial charge on any atom is 0.326 e. The minimum absolute atomic E-state index is 0.0552. The van der Waals surface area contributed by atoms with Crippen molar-refractivity contribution < 1.29 is 9.53 Å². The molecule has 0 spiro atoms. The summed E-state index contributed by atoms with van der Waals surface area (Å²) in [6.45, 7) is 8.20. The summed E-state index contributed by atoms with van der Waals surface area (Å²) in [5.74, 6) is -0.0552. The quantitative estimate of drug-likeness (QED) is 0.736. The lowest BCUT2D eigenvalue weighted by Crippen LogP contribution is -2.56. The van der Waals surface area contributed by atoms with Gasteiger partial charge in [-0.15, -0.1) is 0 Å². The van der Waals surface area contributed by atoms with E-state index in [-0.39, 0.29) is 5.97 Å². The van der Waals surface area contributed by atoms with Crippen LogP contribution in [0.15, 0.2) is 0 Å². The van der Waals surface area contributed by atoms with Crippen molar-refractivity contribution in [2.75, 3.05) is 33.3 Å². The zero-order chi connectivity index (χ0) is 13.4. The van der Waals surface area contributed by atoms with Crippen LogP contribution in [0.2, 0.25) is 0 Å². The van der Waals surface area contributed by atoms with Gasteiger partial charge in [0.05, 0.1) is 7.11 Å². The molecule has 0 radical (unpaired) electrons. The van der Waals surface area contributed by atoms with Gasteiger partial charge in [-0.2, -0.15) is 0 Å². The van der Waals surface area contributed by atoms with Crippen LogP contribution >= 0.6 is 0 Å². The second kappa shape index (κ2) is 7.74. The van der Waals surface area contributed by atoms with Crippen LogP contribution in [0.3, 0.4) is 0 Å². The molecular weight excluding hydrogens is 228 g/mol. The van der Waals surface area contributed by atoms with Crippen LogP contribution < -0.4 is 5.32 Å². The van der Waals surface area contributed by atoms with E-state index in [0.717, 1.165) is 58.3 Å². The lowest BCUT2D eigenvalue weighted by atomic mass is 9.87. The van der Waals surface area contributed by atoms with E-state index in [0.29, 0.717) is 0 Å². The van der Waals surface area contributed by atoms with Crippen LogP contribution in [0.4, 0.5) is 0 Å². The fourth-order valence-electron chi connectivity index (χ4n) is 2.87. The normalized spacial score (nSPS) is 21.1. The first-order chi connectivity index (χ1) is 8.71. The maximum atomic E-state index is 12.3. The largest absolute Gasteiger partial charge is 0.468 e. The molecule has 0 saturated carbocycles. The summed E-state index contributed by atoms with van der Waals surface area (Å²) < 4.78 is 5.10. The molecule has 1 fully saturated rings. The molecule has 1 heterocycles. The van der Waals surface area contributed by atoms with Crippen molar-refractivity contribution in [3.8, 4) is 0 Å². The van der Waals surface area contributed by atoms with Crippen LogP contribution in [0, 0.1) is 0 Å². The third kappa shape index (κ3) is 3.45. The summed E-state index contributed by atoms with van der Waals surface area (Å²) in [6.07, 6.45) is 5.04. The van der Waals surface area contributed by atoms with Gasteiger partial charge in [-0.1, -0.05) is 26.7 Å². The van der Waals surface area contributed by atoms with Crippen molar-refractivity contribution in [3.63, 3.8) is 0 Å². The number of methoxy groups -OCH3 is 1.